The van der Waals surface area contributed by atoms with E-state index in [1.165, 1.54) is 13.3 Å². The molecular formula is C13H13ClN2O3. The van der Waals surface area contributed by atoms with E-state index in [0.717, 1.165) is 18.5 Å². The maximum absolute atomic E-state index is 12.3. The molecule has 0 spiro atoms. The number of nitrogens with zero attached hydrogens (tertiary/aromatic N) is 2. The SMILES string of the molecule is COC(=O)C1CN(C2CC2)c2cc(Cl)ncc2C1=O. The molecule has 5 nitrogen and oxygen atoms in total. The van der Waals surface area contributed by atoms with E-state index >= 15 is 0 Å². The average Bonchev–Trinajstić information content (AvgIpc) is 3.22. The number of Topliss-reactive ketones (excluding diaryl/α,β-unsaturated/α-hetero) is 1. The van der Waals surface area contributed by atoms with Crippen LogP contribution in [0.4, 0.5) is 5.69 Å². The number of fused-ring (bicyclic) bond motifs is 1. The number of ketones is 1. The second-order valence-corrected chi connectivity index (χ2v) is 5.23. The molecule has 1 aliphatic heterocycles. The molecule has 6 heteroatoms. The van der Waals surface area contributed by atoms with E-state index in [2.05, 4.69) is 9.88 Å². The van der Waals surface area contributed by atoms with Gasteiger partial charge in [-0.2, -0.15) is 0 Å². The highest BCUT2D eigenvalue weighted by molar-refractivity contribution is 6.30. The molecule has 0 radical (unpaired) electrons. The molecule has 19 heavy (non-hydrogen) atoms. The summed E-state index contributed by atoms with van der Waals surface area (Å²) >= 11 is 5.90. The lowest BCUT2D eigenvalue weighted by molar-refractivity contribution is -0.143. The topological polar surface area (TPSA) is 59.5 Å². The molecule has 2 aliphatic rings. The number of aromatic nitrogens is 1. The van der Waals surface area contributed by atoms with Crippen molar-refractivity contribution in [2.45, 2.75) is 18.9 Å². The van der Waals surface area contributed by atoms with Crippen LogP contribution in [0.25, 0.3) is 0 Å². The Balaban J connectivity index is 2.04. The van der Waals surface area contributed by atoms with E-state index < -0.39 is 11.9 Å². The summed E-state index contributed by atoms with van der Waals surface area (Å²) in [6.07, 6.45) is 3.59. The van der Waals surface area contributed by atoms with Gasteiger partial charge in [0.05, 0.1) is 18.4 Å². The van der Waals surface area contributed by atoms with Crippen molar-refractivity contribution in [2.24, 2.45) is 5.92 Å². The van der Waals surface area contributed by atoms with Crippen LogP contribution < -0.4 is 4.90 Å². The second-order valence-electron chi connectivity index (χ2n) is 4.85. The first-order valence-electron chi connectivity index (χ1n) is 6.16. The van der Waals surface area contributed by atoms with Crippen molar-refractivity contribution in [2.75, 3.05) is 18.6 Å². The Bertz CT molecular complexity index is 557. The van der Waals surface area contributed by atoms with Crippen molar-refractivity contribution >= 4 is 29.0 Å². The predicted molar refractivity (Wildman–Crippen MR) is 69.5 cm³/mol. The Morgan fingerprint density at radius 3 is 2.89 bits per heavy atom. The number of anilines is 1. The molecule has 0 saturated heterocycles. The fourth-order valence-corrected chi connectivity index (χ4v) is 2.62. The molecule has 1 fully saturated rings. The number of halogens is 1. The van der Waals surface area contributed by atoms with Crippen LogP contribution in [0.2, 0.25) is 5.15 Å². The van der Waals surface area contributed by atoms with Crippen LogP contribution in [0.15, 0.2) is 12.3 Å². The smallest absolute Gasteiger partial charge is 0.318 e. The Kier molecular flexibility index (Phi) is 2.93. The van der Waals surface area contributed by atoms with Gasteiger partial charge in [0.15, 0.2) is 5.78 Å². The minimum Gasteiger partial charge on any atom is -0.468 e. The van der Waals surface area contributed by atoms with Crippen LogP contribution >= 0.6 is 11.6 Å². The lowest BCUT2D eigenvalue weighted by Crippen LogP contribution is -2.44. The van der Waals surface area contributed by atoms with Gasteiger partial charge in [0, 0.05) is 18.8 Å². The molecule has 1 aliphatic carbocycles. The number of methoxy groups -OCH3 is 1. The van der Waals surface area contributed by atoms with Crippen LogP contribution in [0.1, 0.15) is 23.2 Å². The summed E-state index contributed by atoms with van der Waals surface area (Å²) in [5, 5.41) is 0.355. The molecule has 0 aromatic carbocycles. The van der Waals surface area contributed by atoms with E-state index in [1.54, 1.807) is 6.07 Å². The minimum atomic E-state index is -0.763. The Morgan fingerprint density at radius 1 is 1.53 bits per heavy atom. The van der Waals surface area contributed by atoms with Gasteiger partial charge in [-0.05, 0) is 18.9 Å². The first kappa shape index (κ1) is 12.4. The fourth-order valence-electron chi connectivity index (χ4n) is 2.47. The Hall–Kier alpha value is -1.62. The van der Waals surface area contributed by atoms with Crippen LogP contribution in [0.5, 0.6) is 0 Å². The van der Waals surface area contributed by atoms with Crippen LogP contribution in [0.3, 0.4) is 0 Å². The molecule has 2 heterocycles. The molecule has 3 rings (SSSR count). The number of rotatable bonds is 2. The third-order valence-corrected chi connectivity index (χ3v) is 3.80. The lowest BCUT2D eigenvalue weighted by Gasteiger charge is -2.34. The van der Waals surface area contributed by atoms with E-state index in [-0.39, 0.29) is 5.78 Å². The van der Waals surface area contributed by atoms with Gasteiger partial charge in [0.25, 0.3) is 0 Å². The first-order valence-corrected chi connectivity index (χ1v) is 6.54. The van der Waals surface area contributed by atoms with Crippen molar-refractivity contribution in [3.63, 3.8) is 0 Å². The molecule has 100 valence electrons. The van der Waals surface area contributed by atoms with Crippen molar-refractivity contribution in [1.29, 1.82) is 0 Å². The summed E-state index contributed by atoms with van der Waals surface area (Å²) < 4.78 is 4.71. The highest BCUT2D eigenvalue weighted by Gasteiger charge is 2.42. The maximum Gasteiger partial charge on any atom is 0.318 e. The highest BCUT2D eigenvalue weighted by Crippen LogP contribution is 2.39. The summed E-state index contributed by atoms with van der Waals surface area (Å²) in [4.78, 5) is 30.1. The quantitative estimate of drug-likeness (QED) is 0.469. The fraction of sp³-hybridized carbons (Fsp3) is 0.462. The minimum absolute atomic E-state index is 0.233. The third kappa shape index (κ3) is 2.08. The van der Waals surface area contributed by atoms with Gasteiger partial charge in [-0.3, -0.25) is 9.59 Å². The zero-order valence-corrected chi connectivity index (χ0v) is 11.2. The van der Waals surface area contributed by atoms with E-state index in [0.29, 0.717) is 23.3 Å². The van der Waals surface area contributed by atoms with Crippen molar-refractivity contribution in [3.05, 3.63) is 23.0 Å². The summed E-state index contributed by atoms with van der Waals surface area (Å²) in [6.45, 7) is 0.365. The van der Waals surface area contributed by atoms with Gasteiger partial charge in [0.1, 0.15) is 11.1 Å². The van der Waals surface area contributed by atoms with Crippen LogP contribution in [0, 0.1) is 5.92 Å². The summed E-state index contributed by atoms with van der Waals surface area (Å²) in [5.74, 6) is -1.49. The normalized spacial score (nSPS) is 22.1. The number of ether oxygens (including phenoxy) is 1. The lowest BCUT2D eigenvalue weighted by atomic mass is 9.92. The molecule has 1 aromatic rings. The molecule has 1 atom stereocenters. The Morgan fingerprint density at radius 2 is 2.26 bits per heavy atom. The zero-order chi connectivity index (χ0) is 13.6. The van der Waals surface area contributed by atoms with Crippen LogP contribution in [-0.4, -0.2) is 36.4 Å². The van der Waals surface area contributed by atoms with Crippen molar-refractivity contribution < 1.29 is 14.3 Å². The van der Waals surface area contributed by atoms with Crippen molar-refractivity contribution in [3.8, 4) is 0 Å². The number of carbonyl (C=O) groups is 2. The number of esters is 1. The Labute approximate surface area is 115 Å². The molecule has 1 unspecified atom stereocenters. The summed E-state index contributed by atoms with van der Waals surface area (Å²) in [5.41, 5.74) is 1.24. The molecule has 1 aromatic heterocycles. The van der Waals surface area contributed by atoms with E-state index in [9.17, 15) is 9.59 Å². The van der Waals surface area contributed by atoms with Gasteiger partial charge in [-0.15, -0.1) is 0 Å². The molecule has 1 saturated carbocycles. The molecular weight excluding hydrogens is 268 g/mol. The van der Waals surface area contributed by atoms with Gasteiger partial charge < -0.3 is 9.64 Å². The van der Waals surface area contributed by atoms with Gasteiger partial charge in [-0.1, -0.05) is 11.6 Å². The summed E-state index contributed by atoms with van der Waals surface area (Å²) in [6, 6.07) is 2.08. The molecule has 0 amide bonds. The highest BCUT2D eigenvalue weighted by atomic mass is 35.5. The van der Waals surface area contributed by atoms with E-state index in [1.807, 2.05) is 0 Å². The van der Waals surface area contributed by atoms with E-state index in [4.69, 9.17) is 16.3 Å². The number of hydrogen-bond donors (Lipinski definition) is 0. The standard InChI is InChI=1S/C13H13ClN2O3/c1-19-13(18)9-6-16(7-2-3-7)10-4-11(14)15-5-8(10)12(9)17/h4-5,7,9H,2-3,6H2,1H3. The van der Waals surface area contributed by atoms with Crippen LogP contribution in [-0.2, 0) is 9.53 Å². The van der Waals surface area contributed by atoms with Gasteiger partial charge >= 0.3 is 5.97 Å². The summed E-state index contributed by atoms with van der Waals surface area (Å²) in [7, 11) is 1.30. The number of hydrogen-bond acceptors (Lipinski definition) is 5. The van der Waals surface area contributed by atoms with Gasteiger partial charge in [-0.25, -0.2) is 4.98 Å². The first-order chi connectivity index (χ1) is 9.11. The monoisotopic (exact) mass is 280 g/mol. The molecule has 0 bridgehead atoms. The average molecular weight is 281 g/mol. The maximum atomic E-state index is 12.3. The predicted octanol–water partition coefficient (Wildman–Crippen LogP) is 1.69. The number of pyridine rings is 1. The van der Waals surface area contributed by atoms with Crippen molar-refractivity contribution in [1.82, 2.24) is 4.98 Å². The third-order valence-electron chi connectivity index (χ3n) is 3.59. The molecule has 0 N–H and O–H groups in total. The zero-order valence-electron chi connectivity index (χ0n) is 10.4. The second kappa shape index (κ2) is 4.49. The van der Waals surface area contributed by atoms with Gasteiger partial charge in [0.2, 0.25) is 0 Å². The largest absolute Gasteiger partial charge is 0.468 e. The number of carbonyl (C=O) groups excluding carboxylic acids is 2.